The van der Waals surface area contributed by atoms with Crippen molar-refractivity contribution in [2.45, 2.75) is 72.6 Å². The van der Waals surface area contributed by atoms with Crippen molar-refractivity contribution in [3.8, 4) is 5.75 Å². The lowest BCUT2D eigenvalue weighted by Gasteiger charge is -2.39. The molecular formula is C17H29F5OS. The lowest BCUT2D eigenvalue weighted by Crippen LogP contribution is -2.14. The van der Waals surface area contributed by atoms with E-state index in [2.05, 4.69) is 18.0 Å². The average Bonchev–Trinajstić information content (AvgIpc) is 2.40. The molecule has 1 rings (SSSR count). The van der Waals surface area contributed by atoms with Crippen LogP contribution >= 0.6 is 10.5 Å². The van der Waals surface area contributed by atoms with Crippen molar-refractivity contribution >= 4 is 10.5 Å². The first kappa shape index (κ1) is 23.0. The average molecular weight is 376 g/mol. The summed E-state index contributed by atoms with van der Waals surface area (Å²) >= 11 is 0. The summed E-state index contributed by atoms with van der Waals surface area (Å²) in [6.45, 7) is 7.27. The second kappa shape index (κ2) is 8.41. The number of hydrogen-bond acceptors (Lipinski definition) is 1. The highest BCUT2D eigenvalue weighted by atomic mass is 32.5. The summed E-state index contributed by atoms with van der Waals surface area (Å²) in [6, 6.07) is 3.72. The van der Waals surface area contributed by atoms with Crippen LogP contribution in [0.5, 0.6) is 5.75 Å². The monoisotopic (exact) mass is 376 g/mol. The third-order valence-electron chi connectivity index (χ3n) is 3.30. The van der Waals surface area contributed by atoms with Gasteiger partial charge in [-0.25, -0.2) is 0 Å². The van der Waals surface area contributed by atoms with Crippen LogP contribution in [0.1, 0.15) is 69.9 Å². The molecule has 0 N–H and O–H groups in total. The largest absolute Gasteiger partial charge is 0.435 e. The van der Waals surface area contributed by atoms with E-state index in [9.17, 15) is 19.4 Å². The fraction of sp³-hybridized carbons (Fsp3) is 0.647. The fourth-order valence-corrected chi connectivity index (χ4v) is 2.52. The Morgan fingerprint density at radius 1 is 0.792 bits per heavy atom. The molecule has 0 aliphatic carbocycles. The maximum Gasteiger partial charge on any atom is 0.435 e. The van der Waals surface area contributed by atoms with E-state index in [1.54, 1.807) is 0 Å². The molecule has 1 aromatic carbocycles. The number of halogens is 5. The van der Waals surface area contributed by atoms with Crippen LogP contribution in [0.15, 0.2) is 18.2 Å². The van der Waals surface area contributed by atoms with Gasteiger partial charge in [-0.05, 0) is 31.0 Å². The van der Waals surface area contributed by atoms with Gasteiger partial charge in [0.15, 0.2) is 0 Å². The van der Waals surface area contributed by atoms with Crippen LogP contribution in [0.2, 0.25) is 0 Å². The Labute approximate surface area is 142 Å². The van der Waals surface area contributed by atoms with Crippen LogP contribution < -0.4 is 4.18 Å². The first-order valence-electron chi connectivity index (χ1n) is 8.29. The molecule has 0 aliphatic heterocycles. The van der Waals surface area contributed by atoms with Gasteiger partial charge in [0.05, 0.1) is 0 Å². The zero-order chi connectivity index (χ0) is 18.9. The molecule has 144 valence electrons. The van der Waals surface area contributed by atoms with Gasteiger partial charge in [0.25, 0.3) is 0 Å². The molecular weight excluding hydrogens is 347 g/mol. The first-order valence-corrected chi connectivity index (χ1v) is 10.2. The van der Waals surface area contributed by atoms with Crippen molar-refractivity contribution in [3.63, 3.8) is 0 Å². The summed E-state index contributed by atoms with van der Waals surface area (Å²) in [6.07, 6.45) is 9.97. The molecule has 0 aliphatic rings. The van der Waals surface area contributed by atoms with Crippen molar-refractivity contribution in [1.82, 2.24) is 0 Å². The third-order valence-corrected chi connectivity index (χ3v) is 3.79. The zero-order valence-corrected chi connectivity index (χ0v) is 15.7. The topological polar surface area (TPSA) is 9.23 Å². The van der Waals surface area contributed by atoms with Crippen LogP contribution in [0, 0.1) is 13.8 Å². The van der Waals surface area contributed by atoms with Crippen LogP contribution in [0.25, 0.3) is 0 Å². The van der Waals surface area contributed by atoms with Crippen LogP contribution in [0.4, 0.5) is 19.4 Å². The standard InChI is InChI=1S/C9H20.C8H9F5OS/c1-3-5-7-9-8-6-4-2;1-6-3-4-7(2)8(5-6)14-15(9,10,11,12)13/h3-9H2,1-2H3;3-5H,1-2H3. The maximum absolute atomic E-state index is 12.0. The van der Waals surface area contributed by atoms with Crippen molar-refractivity contribution in [2.24, 2.45) is 0 Å². The van der Waals surface area contributed by atoms with E-state index in [-0.39, 0.29) is 5.56 Å². The van der Waals surface area contributed by atoms with Gasteiger partial charge in [0, 0.05) is 0 Å². The van der Waals surface area contributed by atoms with Gasteiger partial charge in [0.1, 0.15) is 5.75 Å². The summed E-state index contributed by atoms with van der Waals surface area (Å²) in [5.74, 6) is -0.853. The highest BCUT2D eigenvalue weighted by Crippen LogP contribution is 2.97. The molecule has 0 radical (unpaired) electrons. The van der Waals surface area contributed by atoms with Crippen LogP contribution in [-0.4, -0.2) is 0 Å². The lowest BCUT2D eigenvalue weighted by atomic mass is 10.1. The van der Waals surface area contributed by atoms with E-state index in [4.69, 9.17) is 0 Å². The molecule has 0 aromatic heterocycles. The molecule has 0 fully saturated rings. The number of unbranched alkanes of at least 4 members (excludes halogenated alkanes) is 6. The molecule has 24 heavy (non-hydrogen) atoms. The fourth-order valence-electron chi connectivity index (χ4n) is 2.00. The highest BCUT2D eigenvalue weighted by molar-refractivity contribution is 8.42. The van der Waals surface area contributed by atoms with Crippen molar-refractivity contribution < 1.29 is 23.6 Å². The van der Waals surface area contributed by atoms with E-state index in [1.165, 1.54) is 70.9 Å². The molecule has 0 heterocycles. The second-order valence-corrected chi connectivity index (χ2v) is 7.98. The minimum Gasteiger partial charge on any atom is -0.354 e. The highest BCUT2D eigenvalue weighted by Gasteiger charge is 2.67. The predicted octanol–water partition coefficient (Wildman–Crippen LogP) is 8.65. The smallest absolute Gasteiger partial charge is 0.354 e. The summed E-state index contributed by atoms with van der Waals surface area (Å²) in [7, 11) is -9.85. The van der Waals surface area contributed by atoms with E-state index in [0.29, 0.717) is 5.56 Å². The SMILES string of the molecule is CCCCCCCCC.Cc1ccc(C)c(OS(F)(F)(F)(F)F)c1. The molecule has 7 heteroatoms. The third kappa shape index (κ3) is 13.5. The van der Waals surface area contributed by atoms with E-state index in [1.807, 2.05) is 0 Å². The van der Waals surface area contributed by atoms with Gasteiger partial charge in [-0.2, -0.15) is 0 Å². The molecule has 0 saturated carbocycles. The van der Waals surface area contributed by atoms with Gasteiger partial charge in [-0.1, -0.05) is 90.4 Å². The Kier molecular flexibility index (Phi) is 8.06. The number of rotatable bonds is 8. The van der Waals surface area contributed by atoms with Crippen molar-refractivity contribution in [2.75, 3.05) is 0 Å². The van der Waals surface area contributed by atoms with Gasteiger partial charge < -0.3 is 4.18 Å². The molecule has 0 saturated heterocycles. The van der Waals surface area contributed by atoms with E-state index in [0.717, 1.165) is 6.07 Å². The van der Waals surface area contributed by atoms with Gasteiger partial charge in [-0.3, -0.25) is 0 Å². The summed E-state index contributed by atoms with van der Waals surface area (Å²) < 4.78 is 62.9. The number of hydrogen-bond donors (Lipinski definition) is 0. The Hall–Kier alpha value is -0.980. The summed E-state index contributed by atoms with van der Waals surface area (Å²) in [5, 5.41) is 0. The summed E-state index contributed by atoms with van der Waals surface area (Å²) in [5.41, 5.74) is 0.423. The van der Waals surface area contributed by atoms with Crippen molar-refractivity contribution in [3.05, 3.63) is 29.3 Å². The molecule has 0 amide bonds. The van der Waals surface area contributed by atoms with Gasteiger partial charge in [0.2, 0.25) is 0 Å². The Bertz CT molecular complexity index is 493. The van der Waals surface area contributed by atoms with E-state index < -0.39 is 16.3 Å². The molecule has 1 nitrogen and oxygen atoms in total. The Morgan fingerprint density at radius 2 is 1.25 bits per heavy atom. The normalized spacial score (nSPS) is 14.2. The first-order chi connectivity index (χ1) is 10.8. The molecule has 0 spiro atoms. The Morgan fingerprint density at radius 3 is 1.67 bits per heavy atom. The van der Waals surface area contributed by atoms with Gasteiger partial charge >= 0.3 is 10.5 Å². The lowest BCUT2D eigenvalue weighted by molar-refractivity contribution is 0.242. The minimum absolute atomic E-state index is 0.00819. The zero-order valence-electron chi connectivity index (χ0n) is 14.9. The molecule has 0 bridgehead atoms. The van der Waals surface area contributed by atoms with Gasteiger partial charge in [-0.15, -0.1) is 0 Å². The van der Waals surface area contributed by atoms with E-state index >= 15 is 0 Å². The molecule has 0 atom stereocenters. The summed E-state index contributed by atoms with van der Waals surface area (Å²) in [4.78, 5) is 0. The maximum atomic E-state index is 12.0. The van der Waals surface area contributed by atoms with Crippen LogP contribution in [0.3, 0.4) is 0 Å². The number of benzene rings is 1. The predicted molar refractivity (Wildman–Crippen MR) is 93.3 cm³/mol. The van der Waals surface area contributed by atoms with Crippen LogP contribution in [-0.2, 0) is 0 Å². The minimum atomic E-state index is -9.85. The Balaban J connectivity index is 0.000000506. The molecule has 1 aromatic rings. The second-order valence-electron chi connectivity index (χ2n) is 6.02. The van der Waals surface area contributed by atoms with Crippen molar-refractivity contribution in [1.29, 1.82) is 0 Å². The molecule has 0 unspecified atom stereocenters. The quantitative estimate of drug-likeness (QED) is 0.326. The number of aryl methyl sites for hydroxylation is 2.